The van der Waals surface area contributed by atoms with Crippen molar-refractivity contribution in [1.82, 2.24) is 4.90 Å². The third kappa shape index (κ3) is 4.78. The third-order valence-electron chi connectivity index (χ3n) is 4.24. The molecule has 3 rings (SSSR count). The van der Waals surface area contributed by atoms with Gasteiger partial charge in [-0.25, -0.2) is 4.79 Å². The minimum Gasteiger partial charge on any atom is -0.493 e. The number of carboxylic acid groups (broad SMARTS) is 1. The van der Waals surface area contributed by atoms with E-state index >= 15 is 0 Å². The molecule has 2 aromatic carbocycles. The Morgan fingerprint density at radius 3 is 2.69 bits per heavy atom. The van der Waals surface area contributed by atoms with Crippen LogP contribution in [0, 0.1) is 0 Å². The molecule has 1 aliphatic heterocycles. The molecule has 0 bridgehead atoms. The Bertz CT molecular complexity index is 1000. The Hall–Kier alpha value is -2.84. The average Bonchev–Trinajstić information content (AvgIpc) is 2.99. The fourth-order valence-corrected chi connectivity index (χ4v) is 4.16. The molecule has 6 nitrogen and oxygen atoms in total. The van der Waals surface area contributed by atoms with E-state index in [1.54, 1.807) is 41.3 Å². The minimum absolute atomic E-state index is 0.0971. The lowest BCUT2D eigenvalue weighted by Crippen LogP contribution is -2.27. The number of thioether (sulfide) groups is 1. The Kier molecular flexibility index (Phi) is 6.56. The highest BCUT2D eigenvalue weighted by molar-refractivity contribution is 8.26. The van der Waals surface area contributed by atoms with Gasteiger partial charge in [0.2, 0.25) is 0 Å². The van der Waals surface area contributed by atoms with Crippen molar-refractivity contribution in [2.24, 2.45) is 0 Å². The van der Waals surface area contributed by atoms with Crippen molar-refractivity contribution in [3.05, 3.63) is 64.1 Å². The van der Waals surface area contributed by atoms with Crippen molar-refractivity contribution in [2.75, 3.05) is 13.7 Å². The van der Waals surface area contributed by atoms with Crippen molar-refractivity contribution in [3.63, 3.8) is 0 Å². The number of hydrogen-bond acceptors (Lipinski definition) is 6. The van der Waals surface area contributed by atoms with Crippen molar-refractivity contribution >= 4 is 46.3 Å². The van der Waals surface area contributed by atoms with Crippen LogP contribution in [-0.2, 0) is 11.4 Å². The van der Waals surface area contributed by atoms with Crippen LogP contribution in [0.3, 0.4) is 0 Å². The van der Waals surface area contributed by atoms with Gasteiger partial charge in [0.25, 0.3) is 5.91 Å². The lowest BCUT2D eigenvalue weighted by Gasteiger charge is -2.12. The normalized spacial score (nSPS) is 15.1. The number of carboxylic acids is 1. The van der Waals surface area contributed by atoms with E-state index in [4.69, 9.17) is 26.8 Å². The number of rotatable bonds is 7. The quantitative estimate of drug-likeness (QED) is 0.522. The zero-order valence-corrected chi connectivity index (χ0v) is 17.5. The zero-order chi connectivity index (χ0) is 21.0. The first-order valence-electron chi connectivity index (χ1n) is 8.81. The Labute approximate surface area is 178 Å². The van der Waals surface area contributed by atoms with Crippen molar-refractivity contribution in [2.45, 2.75) is 13.5 Å². The molecular formula is C21H19NO5S2. The topological polar surface area (TPSA) is 76.1 Å². The molecule has 0 saturated carbocycles. The van der Waals surface area contributed by atoms with Crippen LogP contribution in [0.15, 0.2) is 47.4 Å². The number of hydrogen-bond donors (Lipinski definition) is 1. The first-order chi connectivity index (χ1) is 13.9. The third-order valence-corrected chi connectivity index (χ3v) is 5.62. The summed E-state index contributed by atoms with van der Waals surface area (Å²) >= 11 is 6.51. The average molecular weight is 430 g/mol. The predicted octanol–water partition coefficient (Wildman–Crippen LogP) is 4.19. The van der Waals surface area contributed by atoms with Gasteiger partial charge >= 0.3 is 5.97 Å². The molecule has 0 radical (unpaired) electrons. The molecule has 1 saturated heterocycles. The summed E-state index contributed by atoms with van der Waals surface area (Å²) in [5.41, 5.74) is 1.73. The molecule has 1 fully saturated rings. The van der Waals surface area contributed by atoms with Gasteiger partial charge in [0.1, 0.15) is 10.9 Å². The van der Waals surface area contributed by atoms with Gasteiger partial charge in [-0.15, -0.1) is 0 Å². The van der Waals surface area contributed by atoms with Crippen LogP contribution in [0.25, 0.3) is 6.08 Å². The number of benzene rings is 2. The van der Waals surface area contributed by atoms with Crippen LogP contribution in [0.4, 0.5) is 0 Å². The van der Waals surface area contributed by atoms with Crippen LogP contribution in [0.1, 0.15) is 28.4 Å². The molecule has 29 heavy (non-hydrogen) atoms. The minimum atomic E-state index is -0.984. The maximum atomic E-state index is 12.4. The molecule has 0 atom stereocenters. The van der Waals surface area contributed by atoms with Crippen molar-refractivity contribution in [3.8, 4) is 11.5 Å². The smallest absolute Gasteiger partial charge is 0.335 e. The Morgan fingerprint density at radius 1 is 1.24 bits per heavy atom. The van der Waals surface area contributed by atoms with E-state index in [-0.39, 0.29) is 18.1 Å². The molecule has 0 spiro atoms. The summed E-state index contributed by atoms with van der Waals surface area (Å²) in [6, 6.07) is 11.9. The molecule has 1 aliphatic rings. The van der Waals surface area contributed by atoms with E-state index in [0.29, 0.717) is 27.3 Å². The SMILES string of the molecule is CCN1C(=O)/C(=C/c2ccc(OCc3cccc(C(=O)O)c3)c(OC)c2)SC1=S. The Morgan fingerprint density at radius 2 is 2.03 bits per heavy atom. The molecule has 0 aromatic heterocycles. The lowest BCUT2D eigenvalue weighted by atomic mass is 10.1. The molecule has 0 aliphatic carbocycles. The fraction of sp³-hybridized carbons (Fsp3) is 0.190. The number of nitrogens with zero attached hydrogens (tertiary/aromatic N) is 1. The lowest BCUT2D eigenvalue weighted by molar-refractivity contribution is -0.121. The van der Waals surface area contributed by atoms with Crippen molar-refractivity contribution < 1.29 is 24.2 Å². The zero-order valence-electron chi connectivity index (χ0n) is 15.9. The molecule has 1 N–H and O–H groups in total. The highest BCUT2D eigenvalue weighted by atomic mass is 32.2. The van der Waals surface area contributed by atoms with E-state index in [0.717, 1.165) is 11.1 Å². The summed E-state index contributed by atoms with van der Waals surface area (Å²) < 4.78 is 11.8. The molecule has 8 heteroatoms. The van der Waals surface area contributed by atoms with Gasteiger partial charge in [0.05, 0.1) is 17.6 Å². The van der Waals surface area contributed by atoms with E-state index in [1.807, 2.05) is 13.0 Å². The molecular weight excluding hydrogens is 410 g/mol. The van der Waals surface area contributed by atoms with E-state index in [1.165, 1.54) is 24.9 Å². The second-order valence-corrected chi connectivity index (χ2v) is 7.81. The van der Waals surface area contributed by atoms with Gasteiger partial charge in [-0.3, -0.25) is 9.69 Å². The number of aromatic carboxylic acids is 1. The van der Waals surface area contributed by atoms with Crippen LogP contribution >= 0.6 is 24.0 Å². The largest absolute Gasteiger partial charge is 0.493 e. The number of methoxy groups -OCH3 is 1. The second kappa shape index (κ2) is 9.11. The monoisotopic (exact) mass is 429 g/mol. The number of carbonyl (C=O) groups excluding carboxylic acids is 1. The van der Waals surface area contributed by atoms with E-state index < -0.39 is 5.97 Å². The number of amides is 1. The summed E-state index contributed by atoms with van der Waals surface area (Å²) in [7, 11) is 1.54. The summed E-state index contributed by atoms with van der Waals surface area (Å²) in [4.78, 5) is 25.6. The van der Waals surface area contributed by atoms with Gasteiger partial charge in [-0.1, -0.05) is 42.2 Å². The highest BCUT2D eigenvalue weighted by Gasteiger charge is 2.30. The van der Waals surface area contributed by atoms with Gasteiger partial charge < -0.3 is 14.6 Å². The second-order valence-electron chi connectivity index (χ2n) is 6.13. The standard InChI is InChI=1S/C21H19NO5S2/c1-3-22-19(23)18(29-21(22)28)11-13-7-8-16(17(10-13)26-2)27-12-14-5-4-6-15(9-14)20(24)25/h4-11H,3,12H2,1-2H3,(H,24,25)/b18-11-. The van der Waals surface area contributed by atoms with Gasteiger partial charge in [-0.05, 0) is 48.4 Å². The molecule has 1 amide bonds. The molecule has 1 heterocycles. The maximum absolute atomic E-state index is 12.4. The van der Waals surface area contributed by atoms with Gasteiger partial charge in [0, 0.05) is 6.54 Å². The summed E-state index contributed by atoms with van der Waals surface area (Å²) in [5.74, 6) is -0.0482. The van der Waals surface area contributed by atoms with Gasteiger partial charge in [0.15, 0.2) is 11.5 Å². The van der Waals surface area contributed by atoms with Crippen molar-refractivity contribution in [1.29, 1.82) is 0 Å². The molecule has 0 unspecified atom stereocenters. The first kappa shape index (κ1) is 20.9. The van der Waals surface area contributed by atoms with Crippen LogP contribution in [-0.4, -0.2) is 39.9 Å². The summed E-state index contributed by atoms with van der Waals surface area (Å²) in [6.45, 7) is 2.63. The number of carbonyl (C=O) groups is 2. The number of likely N-dealkylation sites (N-methyl/N-ethyl adjacent to an activating group) is 1. The molecule has 150 valence electrons. The first-order valence-corrected chi connectivity index (χ1v) is 10.0. The fourth-order valence-electron chi connectivity index (χ4n) is 2.77. The van der Waals surface area contributed by atoms with Crippen LogP contribution < -0.4 is 9.47 Å². The summed E-state index contributed by atoms with van der Waals surface area (Å²) in [6.07, 6.45) is 1.78. The Balaban J connectivity index is 1.77. The van der Waals surface area contributed by atoms with E-state index in [2.05, 4.69) is 0 Å². The predicted molar refractivity (Wildman–Crippen MR) is 116 cm³/mol. The molecule has 2 aromatic rings. The highest BCUT2D eigenvalue weighted by Crippen LogP contribution is 2.34. The number of thiocarbonyl (C=S) groups is 1. The van der Waals surface area contributed by atoms with E-state index in [9.17, 15) is 9.59 Å². The number of ether oxygens (including phenoxy) is 2. The van der Waals surface area contributed by atoms with Gasteiger partial charge in [-0.2, -0.15) is 0 Å². The maximum Gasteiger partial charge on any atom is 0.335 e. The van der Waals surface area contributed by atoms with Crippen LogP contribution in [0.5, 0.6) is 11.5 Å². The summed E-state index contributed by atoms with van der Waals surface area (Å²) in [5, 5.41) is 9.09. The van der Waals surface area contributed by atoms with Crippen LogP contribution in [0.2, 0.25) is 0 Å².